The number of hydrogen-bond donors (Lipinski definition) is 0. The highest BCUT2D eigenvalue weighted by Crippen LogP contribution is 2.27. The minimum Gasteiger partial charge on any atom is -0.297 e. The van der Waals surface area contributed by atoms with Crippen LogP contribution in [-0.4, -0.2) is 30.3 Å². The standard InChI is InChI=1S/C18H20ClNO/c1-18(20(2)3,13-15-11-7-8-12-16(15)19)17(21)14-9-5-4-6-10-14/h4-12H,13H2,1-3H3. The zero-order valence-corrected chi connectivity index (χ0v) is 13.4. The van der Waals surface area contributed by atoms with E-state index in [0.29, 0.717) is 11.4 Å². The monoisotopic (exact) mass is 301 g/mol. The molecular weight excluding hydrogens is 282 g/mol. The summed E-state index contributed by atoms with van der Waals surface area (Å²) in [4.78, 5) is 14.9. The maximum atomic E-state index is 12.9. The lowest BCUT2D eigenvalue weighted by Crippen LogP contribution is -2.50. The molecule has 110 valence electrons. The fraction of sp³-hybridized carbons (Fsp3) is 0.278. The molecule has 21 heavy (non-hydrogen) atoms. The van der Waals surface area contributed by atoms with Gasteiger partial charge in [-0.25, -0.2) is 0 Å². The number of rotatable bonds is 5. The van der Waals surface area contributed by atoms with Crippen LogP contribution in [0.3, 0.4) is 0 Å². The molecule has 2 aromatic carbocycles. The summed E-state index contributed by atoms with van der Waals surface area (Å²) < 4.78 is 0. The first-order valence-electron chi connectivity index (χ1n) is 6.96. The van der Waals surface area contributed by atoms with Gasteiger partial charge >= 0.3 is 0 Å². The smallest absolute Gasteiger partial charge is 0.183 e. The minimum atomic E-state index is -0.633. The molecule has 0 aliphatic carbocycles. The van der Waals surface area contributed by atoms with E-state index in [1.165, 1.54) is 0 Å². The maximum absolute atomic E-state index is 12.9. The molecule has 0 aliphatic rings. The van der Waals surface area contributed by atoms with Crippen molar-refractivity contribution < 1.29 is 4.79 Å². The zero-order chi connectivity index (χ0) is 15.5. The number of Topliss-reactive ketones (excluding diaryl/α,β-unsaturated/α-hetero) is 1. The van der Waals surface area contributed by atoms with Crippen LogP contribution in [0, 0.1) is 0 Å². The lowest BCUT2D eigenvalue weighted by molar-refractivity contribution is 0.0719. The lowest BCUT2D eigenvalue weighted by Gasteiger charge is -2.35. The molecule has 2 aromatic rings. The summed E-state index contributed by atoms with van der Waals surface area (Å²) in [6, 6.07) is 17.1. The van der Waals surface area contributed by atoms with Gasteiger partial charge < -0.3 is 0 Å². The van der Waals surface area contributed by atoms with E-state index in [1.54, 1.807) is 0 Å². The SMILES string of the molecule is CN(C)C(C)(Cc1ccccc1Cl)C(=O)c1ccccc1. The molecule has 0 aliphatic heterocycles. The molecule has 3 heteroatoms. The van der Waals surface area contributed by atoms with Crippen molar-refractivity contribution in [2.24, 2.45) is 0 Å². The number of carbonyl (C=O) groups is 1. The van der Waals surface area contributed by atoms with Gasteiger partial charge in [0, 0.05) is 10.6 Å². The van der Waals surface area contributed by atoms with Crippen LogP contribution in [0.4, 0.5) is 0 Å². The predicted molar refractivity (Wildman–Crippen MR) is 88.0 cm³/mol. The third kappa shape index (κ3) is 3.34. The summed E-state index contributed by atoms with van der Waals surface area (Å²) in [5, 5.41) is 0.700. The minimum absolute atomic E-state index is 0.105. The Bertz CT molecular complexity index is 624. The summed E-state index contributed by atoms with van der Waals surface area (Å²) in [5.41, 5.74) is 1.08. The largest absolute Gasteiger partial charge is 0.297 e. The Balaban J connectivity index is 2.37. The van der Waals surface area contributed by atoms with Crippen molar-refractivity contribution >= 4 is 17.4 Å². The molecule has 0 N–H and O–H groups in total. The number of ketones is 1. The van der Waals surface area contributed by atoms with E-state index in [9.17, 15) is 4.79 Å². The van der Waals surface area contributed by atoms with Crippen molar-refractivity contribution in [3.05, 3.63) is 70.7 Å². The molecule has 1 unspecified atom stereocenters. The van der Waals surface area contributed by atoms with Crippen LogP contribution in [0.2, 0.25) is 5.02 Å². The van der Waals surface area contributed by atoms with Crippen molar-refractivity contribution in [3.63, 3.8) is 0 Å². The number of nitrogens with zero attached hydrogens (tertiary/aromatic N) is 1. The van der Waals surface area contributed by atoms with Gasteiger partial charge in [0.2, 0.25) is 0 Å². The molecule has 0 fully saturated rings. The van der Waals surface area contributed by atoms with Crippen LogP contribution in [0.1, 0.15) is 22.8 Å². The second-order valence-corrected chi connectivity index (χ2v) is 6.04. The molecule has 0 amide bonds. The second kappa shape index (κ2) is 6.42. The highest BCUT2D eigenvalue weighted by Gasteiger charge is 2.36. The first-order valence-corrected chi connectivity index (χ1v) is 7.33. The van der Waals surface area contributed by atoms with Gasteiger partial charge in [-0.2, -0.15) is 0 Å². The Hall–Kier alpha value is -1.64. The van der Waals surface area contributed by atoms with Crippen LogP contribution in [0.5, 0.6) is 0 Å². The van der Waals surface area contributed by atoms with Crippen molar-refractivity contribution in [3.8, 4) is 0 Å². The van der Waals surface area contributed by atoms with Gasteiger partial charge in [0.05, 0.1) is 5.54 Å². The van der Waals surface area contributed by atoms with Gasteiger partial charge in [0.1, 0.15) is 0 Å². The Kier molecular flexibility index (Phi) is 4.81. The summed E-state index contributed by atoms with van der Waals surface area (Å²) in [7, 11) is 3.86. The predicted octanol–water partition coefficient (Wildman–Crippen LogP) is 4.09. The third-order valence-electron chi connectivity index (χ3n) is 4.00. The highest BCUT2D eigenvalue weighted by molar-refractivity contribution is 6.31. The quantitative estimate of drug-likeness (QED) is 0.775. The zero-order valence-electron chi connectivity index (χ0n) is 12.6. The molecular formula is C18H20ClNO. The van der Waals surface area contributed by atoms with E-state index in [2.05, 4.69) is 0 Å². The van der Waals surface area contributed by atoms with E-state index in [1.807, 2.05) is 80.5 Å². The van der Waals surface area contributed by atoms with E-state index in [-0.39, 0.29) is 5.78 Å². The Morgan fingerprint density at radius 3 is 2.19 bits per heavy atom. The maximum Gasteiger partial charge on any atom is 0.183 e. The topological polar surface area (TPSA) is 20.3 Å². The molecule has 2 nitrogen and oxygen atoms in total. The summed E-state index contributed by atoms with van der Waals surface area (Å²) in [6.45, 7) is 1.96. The van der Waals surface area contributed by atoms with Crippen molar-refractivity contribution in [2.75, 3.05) is 14.1 Å². The summed E-state index contributed by atoms with van der Waals surface area (Å²) >= 11 is 6.26. The van der Waals surface area contributed by atoms with E-state index >= 15 is 0 Å². The normalized spacial score (nSPS) is 14.0. The Morgan fingerprint density at radius 2 is 1.62 bits per heavy atom. The molecule has 0 radical (unpaired) electrons. The van der Waals surface area contributed by atoms with Gasteiger partial charge in [0.15, 0.2) is 5.78 Å². The van der Waals surface area contributed by atoms with Crippen molar-refractivity contribution in [1.82, 2.24) is 4.90 Å². The fourth-order valence-electron chi connectivity index (χ4n) is 2.35. The van der Waals surface area contributed by atoms with Gasteiger partial charge in [-0.05, 0) is 39.1 Å². The van der Waals surface area contributed by atoms with Crippen LogP contribution < -0.4 is 0 Å². The van der Waals surface area contributed by atoms with Crippen LogP contribution in [-0.2, 0) is 6.42 Å². The number of hydrogen-bond acceptors (Lipinski definition) is 2. The molecule has 0 saturated carbocycles. The summed E-state index contributed by atoms with van der Waals surface area (Å²) in [5.74, 6) is 0.105. The summed E-state index contributed by atoms with van der Waals surface area (Å²) in [6.07, 6.45) is 0.577. The van der Waals surface area contributed by atoms with Crippen molar-refractivity contribution in [2.45, 2.75) is 18.9 Å². The molecule has 0 heterocycles. The van der Waals surface area contributed by atoms with E-state index in [4.69, 9.17) is 11.6 Å². The number of halogens is 1. The Labute approximate surface area is 131 Å². The third-order valence-corrected chi connectivity index (χ3v) is 4.37. The number of carbonyl (C=O) groups excluding carboxylic acids is 1. The average Bonchev–Trinajstić information content (AvgIpc) is 2.49. The van der Waals surface area contributed by atoms with Gasteiger partial charge in [-0.1, -0.05) is 60.1 Å². The van der Waals surface area contributed by atoms with Gasteiger partial charge in [-0.15, -0.1) is 0 Å². The molecule has 0 bridgehead atoms. The van der Waals surface area contributed by atoms with Gasteiger partial charge in [-0.3, -0.25) is 9.69 Å². The van der Waals surface area contributed by atoms with E-state index in [0.717, 1.165) is 11.1 Å². The first-order chi connectivity index (χ1) is 9.95. The number of benzene rings is 2. The molecule has 0 saturated heterocycles. The van der Waals surface area contributed by atoms with Crippen LogP contribution in [0.15, 0.2) is 54.6 Å². The lowest BCUT2D eigenvalue weighted by atomic mass is 9.84. The molecule has 0 aromatic heterocycles. The van der Waals surface area contributed by atoms with Crippen molar-refractivity contribution in [1.29, 1.82) is 0 Å². The van der Waals surface area contributed by atoms with Crippen LogP contribution in [0.25, 0.3) is 0 Å². The van der Waals surface area contributed by atoms with Gasteiger partial charge in [0.25, 0.3) is 0 Å². The first kappa shape index (κ1) is 15.7. The average molecular weight is 302 g/mol. The molecule has 0 spiro atoms. The number of likely N-dealkylation sites (N-methyl/N-ethyl adjacent to an activating group) is 1. The molecule has 2 rings (SSSR count). The highest BCUT2D eigenvalue weighted by atomic mass is 35.5. The van der Waals surface area contributed by atoms with Crippen LogP contribution >= 0.6 is 11.6 Å². The fourth-order valence-corrected chi connectivity index (χ4v) is 2.56. The Morgan fingerprint density at radius 1 is 1.05 bits per heavy atom. The molecule has 1 atom stereocenters. The second-order valence-electron chi connectivity index (χ2n) is 5.63. The van der Waals surface area contributed by atoms with E-state index < -0.39 is 5.54 Å².